The summed E-state index contributed by atoms with van der Waals surface area (Å²) in [6.07, 6.45) is 3.07. The molecule has 0 amide bonds. The molecular formula is C28H27N9O3S. The predicted octanol–water partition coefficient (Wildman–Crippen LogP) is 3.61. The molecule has 5 rings (SSSR count). The molecule has 208 valence electrons. The summed E-state index contributed by atoms with van der Waals surface area (Å²) in [5.74, 6) is 0.753. The summed E-state index contributed by atoms with van der Waals surface area (Å²) in [4.78, 5) is 12.9. The number of hydrogen-bond acceptors (Lipinski definition) is 10. The zero-order valence-electron chi connectivity index (χ0n) is 22.5. The van der Waals surface area contributed by atoms with Crippen LogP contribution >= 0.6 is 0 Å². The SMILES string of the molecule is Cc1cc(-c2nc(C(C)Nc3ncnc(N)c3C#N)nn3ccc(C)c23)cc(S(=O)(=O)NCc2cccc(O)c2)c1. The Labute approximate surface area is 236 Å². The van der Waals surface area contributed by atoms with Crippen LogP contribution < -0.4 is 15.8 Å². The van der Waals surface area contributed by atoms with Gasteiger partial charge in [-0.05, 0) is 73.9 Å². The van der Waals surface area contributed by atoms with Gasteiger partial charge in [0.2, 0.25) is 10.0 Å². The van der Waals surface area contributed by atoms with E-state index in [-0.39, 0.29) is 34.4 Å². The van der Waals surface area contributed by atoms with E-state index in [9.17, 15) is 18.8 Å². The lowest BCUT2D eigenvalue weighted by atomic mass is 10.1. The van der Waals surface area contributed by atoms with Crippen molar-refractivity contribution in [2.24, 2.45) is 0 Å². The summed E-state index contributed by atoms with van der Waals surface area (Å²) in [5, 5.41) is 27.0. The van der Waals surface area contributed by atoms with Crippen LogP contribution in [-0.2, 0) is 16.6 Å². The van der Waals surface area contributed by atoms with Gasteiger partial charge in [0.25, 0.3) is 0 Å². The van der Waals surface area contributed by atoms with Gasteiger partial charge in [-0.25, -0.2) is 32.6 Å². The summed E-state index contributed by atoms with van der Waals surface area (Å²) in [6, 6.07) is 14.8. The van der Waals surface area contributed by atoms with Crippen molar-refractivity contribution in [1.82, 2.24) is 29.3 Å². The van der Waals surface area contributed by atoms with Gasteiger partial charge in [0.1, 0.15) is 35.3 Å². The molecule has 0 aliphatic rings. The van der Waals surface area contributed by atoms with Crippen LogP contribution in [0.5, 0.6) is 5.75 Å². The maximum Gasteiger partial charge on any atom is 0.240 e. The minimum atomic E-state index is -3.90. The van der Waals surface area contributed by atoms with Crippen LogP contribution in [-0.4, -0.2) is 38.1 Å². The van der Waals surface area contributed by atoms with Crippen LogP contribution in [0.25, 0.3) is 16.8 Å². The molecule has 13 heteroatoms. The highest BCUT2D eigenvalue weighted by molar-refractivity contribution is 7.89. The lowest BCUT2D eigenvalue weighted by Crippen LogP contribution is -2.23. The van der Waals surface area contributed by atoms with E-state index in [1.807, 2.05) is 39.0 Å². The molecule has 0 aliphatic carbocycles. The fraction of sp³-hybridized carbons (Fsp3) is 0.179. The van der Waals surface area contributed by atoms with Crippen LogP contribution in [0.4, 0.5) is 11.6 Å². The topological polar surface area (TPSA) is 184 Å². The third-order valence-electron chi connectivity index (χ3n) is 6.47. The van der Waals surface area contributed by atoms with Crippen LogP contribution in [0, 0.1) is 25.2 Å². The van der Waals surface area contributed by atoms with Crippen LogP contribution in [0.1, 0.15) is 41.0 Å². The van der Waals surface area contributed by atoms with E-state index in [1.165, 1.54) is 18.5 Å². The van der Waals surface area contributed by atoms with Crippen LogP contribution in [0.15, 0.2) is 66.0 Å². The van der Waals surface area contributed by atoms with Gasteiger partial charge in [0, 0.05) is 18.3 Å². The summed E-state index contributed by atoms with van der Waals surface area (Å²) in [6.45, 7) is 5.57. The fourth-order valence-corrected chi connectivity index (χ4v) is 5.58. The average Bonchev–Trinajstić information content (AvgIpc) is 3.32. The molecule has 1 atom stereocenters. The number of nitrogens with one attached hydrogen (secondary N) is 2. The number of rotatable bonds is 8. The van der Waals surface area contributed by atoms with Crippen LogP contribution in [0.3, 0.4) is 0 Å². The van der Waals surface area contributed by atoms with E-state index in [0.29, 0.717) is 22.6 Å². The van der Waals surface area contributed by atoms with E-state index in [0.717, 1.165) is 16.6 Å². The van der Waals surface area contributed by atoms with E-state index < -0.39 is 16.1 Å². The number of aromatic hydroxyl groups is 1. The Balaban J connectivity index is 1.54. The van der Waals surface area contributed by atoms with Gasteiger partial charge in [-0.3, -0.25) is 0 Å². The molecule has 5 aromatic rings. The lowest BCUT2D eigenvalue weighted by molar-refractivity contribution is 0.474. The van der Waals surface area contributed by atoms with Crippen molar-refractivity contribution in [3.05, 3.63) is 89.1 Å². The third kappa shape index (κ3) is 5.65. The number of aromatic nitrogens is 5. The Bertz CT molecular complexity index is 1930. The minimum Gasteiger partial charge on any atom is -0.508 e. The molecule has 0 aliphatic heterocycles. The molecule has 0 saturated heterocycles. The molecule has 0 radical (unpaired) electrons. The number of fused-ring (bicyclic) bond motifs is 1. The molecule has 0 fully saturated rings. The molecule has 5 N–H and O–H groups in total. The van der Waals surface area contributed by atoms with Crippen molar-refractivity contribution < 1.29 is 13.5 Å². The number of nitrogens with two attached hydrogens (primary N) is 1. The van der Waals surface area contributed by atoms with Crippen molar-refractivity contribution in [2.75, 3.05) is 11.1 Å². The normalized spacial score (nSPS) is 12.2. The van der Waals surface area contributed by atoms with Gasteiger partial charge >= 0.3 is 0 Å². The Morgan fingerprint density at radius 1 is 1.15 bits per heavy atom. The molecule has 12 nitrogen and oxygen atoms in total. The molecule has 0 bridgehead atoms. The summed E-state index contributed by atoms with van der Waals surface area (Å²) in [7, 11) is -3.90. The summed E-state index contributed by atoms with van der Waals surface area (Å²) < 4.78 is 30.9. The maximum atomic E-state index is 13.3. The Kier molecular flexibility index (Phi) is 7.27. The number of phenolic OH excluding ortho intramolecular Hbond substituents is 1. The van der Waals surface area contributed by atoms with Crippen molar-refractivity contribution in [3.63, 3.8) is 0 Å². The van der Waals surface area contributed by atoms with E-state index in [1.54, 1.807) is 35.0 Å². The molecule has 1 unspecified atom stereocenters. The number of anilines is 2. The average molecular weight is 570 g/mol. The molecule has 41 heavy (non-hydrogen) atoms. The van der Waals surface area contributed by atoms with Crippen LogP contribution in [0.2, 0.25) is 0 Å². The van der Waals surface area contributed by atoms with E-state index in [2.05, 4.69) is 25.1 Å². The quantitative estimate of drug-likeness (QED) is 0.215. The first-order chi connectivity index (χ1) is 19.6. The number of hydrogen-bond donors (Lipinski definition) is 4. The summed E-state index contributed by atoms with van der Waals surface area (Å²) >= 11 is 0. The number of nitrogen functional groups attached to an aromatic ring is 1. The predicted molar refractivity (Wildman–Crippen MR) is 153 cm³/mol. The van der Waals surface area contributed by atoms with Gasteiger partial charge in [0.05, 0.1) is 22.1 Å². The molecule has 3 aromatic heterocycles. The molecule has 2 aromatic carbocycles. The second-order valence-corrected chi connectivity index (χ2v) is 11.4. The second-order valence-electron chi connectivity index (χ2n) is 9.60. The lowest BCUT2D eigenvalue weighted by Gasteiger charge is -2.17. The second kappa shape index (κ2) is 10.8. The third-order valence-corrected chi connectivity index (χ3v) is 7.85. The van der Waals surface area contributed by atoms with Crippen molar-refractivity contribution >= 4 is 27.2 Å². The Hall–Kier alpha value is -5.06. The first-order valence-electron chi connectivity index (χ1n) is 12.6. The van der Waals surface area contributed by atoms with Gasteiger partial charge in [-0.2, -0.15) is 10.4 Å². The molecular weight excluding hydrogens is 542 g/mol. The minimum absolute atomic E-state index is 0.0150. The van der Waals surface area contributed by atoms with Gasteiger partial charge < -0.3 is 16.2 Å². The van der Waals surface area contributed by atoms with E-state index in [4.69, 9.17) is 10.7 Å². The number of benzene rings is 2. The highest BCUT2D eigenvalue weighted by atomic mass is 32.2. The molecule has 0 saturated carbocycles. The Morgan fingerprint density at radius 2 is 1.95 bits per heavy atom. The number of phenols is 1. The molecule has 0 spiro atoms. The highest BCUT2D eigenvalue weighted by Gasteiger charge is 2.21. The van der Waals surface area contributed by atoms with Gasteiger partial charge in [-0.15, -0.1) is 0 Å². The van der Waals surface area contributed by atoms with Crippen molar-refractivity contribution in [1.29, 1.82) is 5.26 Å². The zero-order valence-corrected chi connectivity index (χ0v) is 23.3. The fourth-order valence-electron chi connectivity index (χ4n) is 4.44. The monoisotopic (exact) mass is 569 g/mol. The first-order valence-corrected chi connectivity index (χ1v) is 14.1. The summed E-state index contributed by atoms with van der Waals surface area (Å²) in [5.41, 5.74) is 10.1. The molecule has 3 heterocycles. The number of sulfonamides is 1. The zero-order chi connectivity index (χ0) is 29.3. The standard InChI is InChI=1S/C28H27N9O3S/c1-16-9-20(12-22(10-16)41(39,40)33-14-19-5-4-6-21(38)11-19)24-25-17(2)7-8-37(25)36-27(35-24)18(3)34-28-23(13-29)26(30)31-15-32-28/h4-12,15,18,33,38H,14H2,1-3H3,(H3,30,31,32,34). The van der Waals surface area contributed by atoms with Crippen molar-refractivity contribution in [2.45, 2.75) is 38.3 Å². The largest absolute Gasteiger partial charge is 0.508 e. The highest BCUT2D eigenvalue weighted by Crippen LogP contribution is 2.30. The van der Waals surface area contributed by atoms with Crippen molar-refractivity contribution in [3.8, 4) is 23.1 Å². The van der Waals surface area contributed by atoms with Gasteiger partial charge in [-0.1, -0.05) is 12.1 Å². The number of nitriles is 1. The van der Waals surface area contributed by atoms with E-state index >= 15 is 0 Å². The first kappa shape index (κ1) is 27.5. The number of aryl methyl sites for hydroxylation is 2. The Morgan fingerprint density at radius 3 is 2.71 bits per heavy atom. The van der Waals surface area contributed by atoms with Gasteiger partial charge in [0.15, 0.2) is 5.82 Å². The smallest absolute Gasteiger partial charge is 0.240 e. The number of nitrogens with zero attached hydrogens (tertiary/aromatic N) is 6. The maximum absolute atomic E-state index is 13.3.